The molecule has 0 atom stereocenters. The molecule has 0 spiro atoms. The van der Waals surface area contributed by atoms with Gasteiger partial charge in [0.15, 0.2) is 0 Å². The molecule has 0 radical (unpaired) electrons. The van der Waals surface area contributed by atoms with Crippen LogP contribution < -0.4 is 0 Å². The minimum atomic E-state index is -0.188. The predicted molar refractivity (Wildman–Crippen MR) is 82.6 cm³/mol. The summed E-state index contributed by atoms with van der Waals surface area (Å²) in [5.74, 6) is -0.188. The van der Waals surface area contributed by atoms with Crippen LogP contribution in [0.15, 0.2) is 24.3 Å². The number of hydrogen-bond acceptors (Lipinski definition) is 2. The number of rotatable bonds is 2. The molecule has 18 heavy (non-hydrogen) atoms. The largest absolute Gasteiger partial charge is 0.469 e. The first-order chi connectivity index (χ1) is 7.95. The van der Waals surface area contributed by atoms with Crippen LogP contribution in [-0.2, 0) is 21.4 Å². The van der Waals surface area contributed by atoms with Gasteiger partial charge < -0.3 is 4.74 Å². The Morgan fingerprint density at radius 2 is 1.67 bits per heavy atom. The van der Waals surface area contributed by atoms with Gasteiger partial charge in [-0.3, -0.25) is 4.79 Å². The zero-order valence-electron chi connectivity index (χ0n) is 12.3. The molecular weight excluding hydrogens is 244 g/mol. The maximum absolute atomic E-state index is 11.2. The van der Waals surface area contributed by atoms with Crippen LogP contribution in [0.5, 0.6) is 0 Å². The first-order valence-corrected chi connectivity index (χ1v) is 6.10. The lowest BCUT2D eigenvalue weighted by molar-refractivity contribution is -0.139. The van der Waals surface area contributed by atoms with Crippen molar-refractivity contribution in [2.75, 3.05) is 7.11 Å². The standard InChI is InChI=1S/C13H18O2.C2H6.H2S/c1-13(2,3)11-8-6-5-7-10(11)9-12(14)15-4;1-2;/h5-8H,9H2,1-4H3;1-2H3;1H2. The number of methoxy groups -OCH3 is 1. The summed E-state index contributed by atoms with van der Waals surface area (Å²) < 4.78 is 4.68. The molecule has 1 aromatic carbocycles. The molecule has 0 aliphatic heterocycles. The fraction of sp³-hybridized carbons (Fsp3) is 0.533. The fourth-order valence-corrected chi connectivity index (χ4v) is 1.63. The Balaban J connectivity index is 0. The third-order valence-corrected chi connectivity index (χ3v) is 2.39. The van der Waals surface area contributed by atoms with Crippen LogP contribution in [0, 0.1) is 0 Å². The Kier molecular flexibility index (Phi) is 9.73. The van der Waals surface area contributed by atoms with Crippen molar-refractivity contribution >= 4 is 19.5 Å². The highest BCUT2D eigenvalue weighted by Crippen LogP contribution is 2.25. The van der Waals surface area contributed by atoms with Crippen LogP contribution in [0.3, 0.4) is 0 Å². The molecule has 0 saturated heterocycles. The normalized spacial score (nSPS) is 9.67. The van der Waals surface area contributed by atoms with Crippen molar-refractivity contribution in [3.63, 3.8) is 0 Å². The summed E-state index contributed by atoms with van der Waals surface area (Å²) in [5.41, 5.74) is 2.32. The molecule has 0 unspecified atom stereocenters. The predicted octanol–water partition coefficient (Wildman–Crippen LogP) is 3.84. The number of carbonyl (C=O) groups is 1. The summed E-state index contributed by atoms with van der Waals surface area (Å²) in [6.45, 7) is 10.4. The van der Waals surface area contributed by atoms with E-state index in [2.05, 4.69) is 31.6 Å². The van der Waals surface area contributed by atoms with Crippen molar-refractivity contribution in [2.45, 2.75) is 46.5 Å². The summed E-state index contributed by atoms with van der Waals surface area (Å²) >= 11 is 0. The van der Waals surface area contributed by atoms with E-state index in [1.165, 1.54) is 12.7 Å². The molecule has 0 aromatic heterocycles. The topological polar surface area (TPSA) is 26.3 Å². The van der Waals surface area contributed by atoms with E-state index in [1.807, 2.05) is 32.0 Å². The maximum Gasteiger partial charge on any atom is 0.309 e. The van der Waals surface area contributed by atoms with Gasteiger partial charge in [0, 0.05) is 0 Å². The third-order valence-electron chi connectivity index (χ3n) is 2.39. The molecule has 0 heterocycles. The zero-order chi connectivity index (χ0) is 13.5. The smallest absolute Gasteiger partial charge is 0.309 e. The van der Waals surface area contributed by atoms with Crippen LogP contribution in [0.4, 0.5) is 0 Å². The number of hydrogen-bond donors (Lipinski definition) is 0. The molecule has 104 valence electrons. The number of carbonyl (C=O) groups excluding carboxylic acids is 1. The van der Waals surface area contributed by atoms with Crippen LogP contribution in [0.1, 0.15) is 45.7 Å². The lowest BCUT2D eigenvalue weighted by Crippen LogP contribution is -2.16. The van der Waals surface area contributed by atoms with E-state index in [1.54, 1.807) is 0 Å². The maximum atomic E-state index is 11.2. The molecule has 2 nitrogen and oxygen atoms in total. The second-order valence-electron chi connectivity index (χ2n) is 4.66. The van der Waals surface area contributed by atoms with Gasteiger partial charge in [0.25, 0.3) is 0 Å². The molecule has 1 rings (SSSR count). The van der Waals surface area contributed by atoms with E-state index in [0.717, 1.165) is 5.56 Å². The first-order valence-electron chi connectivity index (χ1n) is 6.10. The van der Waals surface area contributed by atoms with Crippen LogP contribution >= 0.6 is 13.5 Å². The second kappa shape index (κ2) is 9.03. The Morgan fingerprint density at radius 1 is 1.17 bits per heavy atom. The van der Waals surface area contributed by atoms with Crippen molar-refractivity contribution in [1.82, 2.24) is 0 Å². The molecule has 0 fully saturated rings. The van der Waals surface area contributed by atoms with E-state index < -0.39 is 0 Å². The van der Waals surface area contributed by atoms with E-state index in [9.17, 15) is 4.79 Å². The Labute approximate surface area is 118 Å². The van der Waals surface area contributed by atoms with E-state index >= 15 is 0 Å². The SMILES string of the molecule is CC.COC(=O)Cc1ccccc1C(C)(C)C.S. The second-order valence-corrected chi connectivity index (χ2v) is 4.66. The number of benzene rings is 1. The summed E-state index contributed by atoms with van der Waals surface area (Å²) in [6, 6.07) is 8.00. The number of ether oxygens (including phenoxy) is 1. The lowest BCUT2D eigenvalue weighted by atomic mass is 9.83. The first kappa shape index (κ1) is 19.4. The van der Waals surface area contributed by atoms with Gasteiger partial charge in [-0.05, 0) is 16.5 Å². The fourth-order valence-electron chi connectivity index (χ4n) is 1.63. The Morgan fingerprint density at radius 3 is 2.11 bits per heavy atom. The van der Waals surface area contributed by atoms with Gasteiger partial charge in [0.05, 0.1) is 13.5 Å². The van der Waals surface area contributed by atoms with Crippen LogP contribution in [0.25, 0.3) is 0 Å². The van der Waals surface area contributed by atoms with Gasteiger partial charge >= 0.3 is 5.97 Å². The van der Waals surface area contributed by atoms with Crippen molar-refractivity contribution in [2.24, 2.45) is 0 Å². The quantitative estimate of drug-likeness (QED) is 0.763. The summed E-state index contributed by atoms with van der Waals surface area (Å²) in [6.07, 6.45) is 0.351. The van der Waals surface area contributed by atoms with Crippen LogP contribution in [0.2, 0.25) is 0 Å². The number of esters is 1. The lowest BCUT2D eigenvalue weighted by Gasteiger charge is -2.22. The molecule has 0 N–H and O–H groups in total. The highest BCUT2D eigenvalue weighted by Gasteiger charge is 2.18. The van der Waals surface area contributed by atoms with Crippen molar-refractivity contribution in [3.05, 3.63) is 35.4 Å². The molecule has 1 aromatic rings. The van der Waals surface area contributed by atoms with Gasteiger partial charge in [-0.15, -0.1) is 0 Å². The average Bonchev–Trinajstić information content (AvgIpc) is 2.31. The molecule has 0 saturated carbocycles. The monoisotopic (exact) mass is 270 g/mol. The minimum Gasteiger partial charge on any atom is -0.469 e. The van der Waals surface area contributed by atoms with E-state index in [4.69, 9.17) is 0 Å². The average molecular weight is 270 g/mol. The van der Waals surface area contributed by atoms with Crippen LogP contribution in [-0.4, -0.2) is 13.1 Å². The summed E-state index contributed by atoms with van der Waals surface area (Å²) in [7, 11) is 1.42. The van der Waals surface area contributed by atoms with Gasteiger partial charge in [-0.2, -0.15) is 13.5 Å². The van der Waals surface area contributed by atoms with E-state index in [0.29, 0.717) is 6.42 Å². The van der Waals surface area contributed by atoms with E-state index in [-0.39, 0.29) is 24.9 Å². The highest BCUT2D eigenvalue weighted by atomic mass is 32.1. The molecule has 0 bridgehead atoms. The Bertz CT molecular complexity index is 354. The summed E-state index contributed by atoms with van der Waals surface area (Å²) in [4.78, 5) is 11.2. The van der Waals surface area contributed by atoms with Gasteiger partial charge in [0.2, 0.25) is 0 Å². The third kappa shape index (κ3) is 6.10. The van der Waals surface area contributed by atoms with Gasteiger partial charge in [-0.25, -0.2) is 0 Å². The molecule has 0 aliphatic rings. The highest BCUT2D eigenvalue weighted by molar-refractivity contribution is 7.59. The van der Waals surface area contributed by atoms with Crippen molar-refractivity contribution in [1.29, 1.82) is 0 Å². The minimum absolute atomic E-state index is 0. The van der Waals surface area contributed by atoms with Gasteiger partial charge in [0.1, 0.15) is 0 Å². The molecular formula is C15H26O2S. The van der Waals surface area contributed by atoms with Crippen molar-refractivity contribution < 1.29 is 9.53 Å². The zero-order valence-corrected chi connectivity index (χ0v) is 13.3. The van der Waals surface area contributed by atoms with Gasteiger partial charge in [-0.1, -0.05) is 58.9 Å². The molecule has 0 aliphatic carbocycles. The van der Waals surface area contributed by atoms with Crippen molar-refractivity contribution in [3.8, 4) is 0 Å². The Hall–Kier alpha value is -0.960. The molecule has 0 amide bonds. The molecule has 3 heteroatoms. The summed E-state index contributed by atoms with van der Waals surface area (Å²) in [5, 5.41) is 0.